The van der Waals surface area contributed by atoms with Gasteiger partial charge in [0.2, 0.25) is 0 Å². The molecule has 0 aromatic heterocycles. The van der Waals surface area contributed by atoms with E-state index in [4.69, 9.17) is 57.7 Å². The van der Waals surface area contributed by atoms with Crippen molar-refractivity contribution in [3.63, 3.8) is 0 Å². The molecule has 0 bridgehead atoms. The summed E-state index contributed by atoms with van der Waals surface area (Å²) < 4.78 is 25.6. The Bertz CT molecular complexity index is 213. The largest absolute Gasteiger partial charge is 4.00 e. The summed E-state index contributed by atoms with van der Waals surface area (Å²) in [5.41, 5.74) is 0. The van der Waals surface area contributed by atoms with Gasteiger partial charge in [0.1, 0.15) is 0 Å². The molecular weight excluding hydrogens is 396 g/mol. The van der Waals surface area contributed by atoms with E-state index in [9.17, 15) is 0 Å². The third kappa shape index (κ3) is 1900. The zero-order valence-electron chi connectivity index (χ0n) is 7.67. The van der Waals surface area contributed by atoms with Crippen LogP contribution in [0.4, 0.5) is 0 Å². The Morgan fingerprint density at radius 2 is 0.500 bits per heavy atom. The first kappa shape index (κ1) is 36.7. The fraction of sp³-hybridized carbons (Fsp3) is 0. The Hall–Kier alpha value is 1.60. The van der Waals surface area contributed by atoms with E-state index >= 15 is 0 Å². The monoisotopic (exact) mass is 396 g/mol. The van der Waals surface area contributed by atoms with E-state index in [1.54, 1.807) is 0 Å². The first-order valence-electron chi connectivity index (χ1n) is 2.19. The summed E-state index contributed by atoms with van der Waals surface area (Å²) in [7, 11) is -16.2. The molecule has 0 aliphatic rings. The maximum absolute atomic E-state index is 8.55. The number of rotatable bonds is 0. The van der Waals surface area contributed by atoms with Gasteiger partial charge in [-0.15, -0.1) is 0 Å². The smallest absolute Gasteiger partial charge is 0.822 e. The first-order valence-corrected chi connectivity index (χ1v) is 6.57. The van der Waals surface area contributed by atoms with E-state index in [2.05, 4.69) is 0 Å². The predicted molar refractivity (Wildman–Crippen MR) is 34.3 cm³/mol. The summed E-state index contributed by atoms with van der Waals surface area (Å²) in [6.45, 7) is 0. The Labute approximate surface area is 126 Å². The van der Waals surface area contributed by atoms with E-state index in [1.165, 1.54) is 0 Å². The van der Waals surface area contributed by atoms with E-state index in [0.29, 0.717) is 0 Å². The Morgan fingerprint density at radius 3 is 0.500 bits per heavy atom. The van der Waals surface area contributed by atoms with Gasteiger partial charge < -0.3 is 57.7 Å². The molecule has 0 amide bonds. The van der Waals surface area contributed by atoms with Crippen LogP contribution in [-0.2, 0) is 30.8 Å². The van der Waals surface area contributed by atoms with E-state index < -0.39 is 23.5 Å². The van der Waals surface area contributed by atoms with Gasteiger partial charge >= 0.3 is 45.4 Å². The Morgan fingerprint density at radius 1 is 0.500 bits per heavy atom. The summed E-state index contributed by atoms with van der Waals surface area (Å²) in [5.74, 6) is 0. The Kier molecular flexibility index (Phi) is 30.5. The van der Waals surface area contributed by atoms with Gasteiger partial charge in [-0.3, -0.25) is 0 Å². The molecule has 0 fully saturated rings. The van der Waals surface area contributed by atoms with Crippen molar-refractivity contribution < 1.29 is 74.8 Å². The standard InChI is InChI=1S/Al.Fe.3H3O4P.Si/c;;3*1-5(2,3)4;/h;;3*(H3,1,2,3,4);/q+3;+2;;;;+4/p-9. The quantitative estimate of drug-likeness (QED) is 0.273. The van der Waals surface area contributed by atoms with Gasteiger partial charge in [0, 0.05) is 0 Å². The summed E-state index contributed by atoms with van der Waals surface area (Å²) in [5, 5.41) is 0. The van der Waals surface area contributed by atoms with Gasteiger partial charge in [-0.2, -0.15) is 23.5 Å². The second-order valence-electron chi connectivity index (χ2n) is 1.34. The number of hydrogen-bond acceptors (Lipinski definition) is 12. The van der Waals surface area contributed by atoms with Crippen LogP contribution in [0.3, 0.4) is 0 Å². The molecule has 0 rings (SSSR count). The fourth-order valence-corrected chi connectivity index (χ4v) is 0. The predicted octanol–water partition coefficient (Wildman–Crippen LogP) is -9.24. The maximum atomic E-state index is 8.55. The van der Waals surface area contributed by atoms with Crippen LogP contribution >= 0.6 is 23.5 Å². The van der Waals surface area contributed by atoms with Crippen LogP contribution in [0, 0.1) is 0 Å². The van der Waals surface area contributed by atoms with Gasteiger partial charge in [-0.1, -0.05) is 0 Å². The zero-order valence-corrected chi connectivity index (χ0v) is 13.6. The third-order valence-electron chi connectivity index (χ3n) is 0. The minimum absolute atomic E-state index is 0. The average Bonchev–Trinajstić information content (AvgIpc) is 1.41. The van der Waals surface area contributed by atoms with Gasteiger partial charge in [-0.25, -0.2) is 0 Å². The second-order valence-corrected chi connectivity index (χ2v) is 4.02. The van der Waals surface area contributed by atoms with Crippen LogP contribution in [0.2, 0.25) is 0 Å². The van der Waals surface area contributed by atoms with Gasteiger partial charge in [-0.05, 0) is 0 Å². The number of hydrogen-bond donors (Lipinski definition) is 0. The van der Waals surface area contributed by atoms with Crippen molar-refractivity contribution in [3.8, 4) is 0 Å². The molecule has 102 valence electrons. The summed E-state index contributed by atoms with van der Waals surface area (Å²) >= 11 is 0. The minimum Gasteiger partial charge on any atom is -0.822 e. The van der Waals surface area contributed by atoms with E-state index in [-0.39, 0.29) is 45.4 Å². The van der Waals surface area contributed by atoms with Crippen molar-refractivity contribution in [3.05, 3.63) is 0 Å². The molecule has 0 atom stereocenters. The second kappa shape index (κ2) is 15.0. The molecule has 0 N–H and O–H groups in total. The Balaban J connectivity index is -0.0000000277. The van der Waals surface area contributed by atoms with Crippen LogP contribution in [0.25, 0.3) is 0 Å². The van der Waals surface area contributed by atoms with Crippen molar-refractivity contribution in [1.82, 2.24) is 0 Å². The molecule has 0 aliphatic carbocycles. The SMILES string of the molecule is O=P([O-])([O-])[O-].O=P([O-])([O-])[O-].O=P([O-])([O-])[O-].[Al+3].[Fe+2].[Si+4]. The molecule has 0 aromatic rings. The van der Waals surface area contributed by atoms with Gasteiger partial charge in [0.15, 0.2) is 0 Å². The van der Waals surface area contributed by atoms with Crippen molar-refractivity contribution in [2.24, 2.45) is 0 Å². The van der Waals surface area contributed by atoms with Crippen molar-refractivity contribution in [2.45, 2.75) is 0 Å². The van der Waals surface area contributed by atoms with E-state index in [1.807, 2.05) is 0 Å². The first-order chi connectivity index (χ1) is 6.00. The van der Waals surface area contributed by atoms with Crippen LogP contribution < -0.4 is 44.0 Å². The van der Waals surface area contributed by atoms with Crippen LogP contribution in [0.15, 0.2) is 0 Å². The molecule has 0 spiro atoms. The minimum atomic E-state index is -5.39. The zero-order chi connectivity index (χ0) is 13.5. The fourth-order valence-electron chi connectivity index (χ4n) is 0. The van der Waals surface area contributed by atoms with Gasteiger partial charge in [0.25, 0.3) is 0 Å². The van der Waals surface area contributed by atoms with Gasteiger partial charge in [0.05, 0.1) is 0 Å². The average molecular weight is 396 g/mol. The molecule has 0 radical (unpaired) electrons. The molecule has 0 aromatic carbocycles. The summed E-state index contributed by atoms with van der Waals surface area (Å²) in [6, 6.07) is 0. The molecule has 0 unspecified atom stereocenters. The molecule has 0 saturated carbocycles. The number of phosphoric acid groups is 3. The van der Waals surface area contributed by atoms with Crippen molar-refractivity contribution in [1.29, 1.82) is 0 Å². The normalized spacial score (nSPS) is 9.83. The molecule has 0 aliphatic heterocycles. The summed E-state index contributed by atoms with van der Waals surface area (Å²) in [4.78, 5) is 76.9. The molecule has 18 heteroatoms. The maximum Gasteiger partial charge on any atom is 4.00 e. The summed E-state index contributed by atoms with van der Waals surface area (Å²) in [6.07, 6.45) is 0. The van der Waals surface area contributed by atoms with E-state index in [0.717, 1.165) is 0 Å². The van der Waals surface area contributed by atoms with Crippen LogP contribution in [-0.4, -0.2) is 28.3 Å². The topological polar surface area (TPSA) is 259 Å². The molecule has 18 heavy (non-hydrogen) atoms. The molecule has 0 heterocycles. The van der Waals surface area contributed by atoms with Crippen molar-refractivity contribution >= 4 is 51.8 Å². The van der Waals surface area contributed by atoms with Crippen molar-refractivity contribution in [2.75, 3.05) is 0 Å². The third-order valence-corrected chi connectivity index (χ3v) is 0. The molecule has 0 saturated heterocycles. The molecular formula is AlFeO12P3Si. The molecule has 12 nitrogen and oxygen atoms in total. The van der Waals surface area contributed by atoms with Crippen LogP contribution in [0.1, 0.15) is 0 Å². The van der Waals surface area contributed by atoms with Crippen LogP contribution in [0.5, 0.6) is 0 Å².